The summed E-state index contributed by atoms with van der Waals surface area (Å²) in [6.07, 6.45) is 1.26. The number of carbonyl (C=O) groups excluding carboxylic acids is 1. The van der Waals surface area contributed by atoms with E-state index in [9.17, 15) is 4.79 Å². The van der Waals surface area contributed by atoms with Crippen molar-refractivity contribution in [3.05, 3.63) is 29.3 Å². The predicted molar refractivity (Wildman–Crippen MR) is 84.1 cm³/mol. The molecule has 1 amide bonds. The van der Waals surface area contributed by atoms with Gasteiger partial charge in [-0.2, -0.15) is 0 Å². The molecule has 0 aliphatic rings. The number of thioether (sulfide) groups is 1. The Morgan fingerprint density at radius 1 is 1.40 bits per heavy atom. The number of anilines is 2. The van der Waals surface area contributed by atoms with Crippen LogP contribution in [0, 0.1) is 6.92 Å². The molecular weight excluding hydrogens is 292 g/mol. The first kappa shape index (κ1) is 14.8. The highest BCUT2D eigenvalue weighted by Crippen LogP contribution is 2.23. The second-order valence-electron chi connectivity index (χ2n) is 4.17. The van der Waals surface area contributed by atoms with Gasteiger partial charge >= 0.3 is 0 Å². The molecule has 1 heterocycles. The number of aromatic nitrogens is 2. The fraction of sp³-hybridized carbons (Fsp3) is 0.308. The van der Waals surface area contributed by atoms with Crippen LogP contribution in [0.4, 0.5) is 11.4 Å². The van der Waals surface area contributed by atoms with E-state index < -0.39 is 0 Å². The second-order valence-corrected chi connectivity index (χ2v) is 6.70. The van der Waals surface area contributed by atoms with Crippen molar-refractivity contribution in [2.24, 2.45) is 0 Å². The monoisotopic (exact) mass is 308 g/mol. The van der Waals surface area contributed by atoms with Gasteiger partial charge in [-0.05, 0) is 25.5 Å². The third kappa shape index (κ3) is 4.50. The Morgan fingerprint density at radius 3 is 2.90 bits per heavy atom. The Labute approximate surface area is 126 Å². The Balaban J connectivity index is 1.69. The third-order valence-corrected chi connectivity index (χ3v) is 4.57. The van der Waals surface area contributed by atoms with Crippen molar-refractivity contribution in [1.29, 1.82) is 0 Å². The lowest BCUT2D eigenvalue weighted by molar-refractivity contribution is -0.116. The first-order valence-corrected chi connectivity index (χ1v) is 8.02. The van der Waals surface area contributed by atoms with Crippen molar-refractivity contribution < 1.29 is 4.79 Å². The number of hydrogen-bond acceptors (Lipinski definition) is 6. The zero-order valence-electron chi connectivity index (χ0n) is 11.1. The average molecular weight is 308 g/mol. The van der Waals surface area contributed by atoms with E-state index in [1.807, 2.05) is 19.1 Å². The van der Waals surface area contributed by atoms with Crippen LogP contribution in [-0.4, -0.2) is 21.9 Å². The van der Waals surface area contributed by atoms with Crippen LogP contribution in [0.2, 0.25) is 0 Å². The molecule has 7 heteroatoms. The summed E-state index contributed by atoms with van der Waals surface area (Å²) in [6.45, 7) is 1.93. The molecule has 0 aliphatic carbocycles. The van der Waals surface area contributed by atoms with Gasteiger partial charge in [0.25, 0.3) is 0 Å². The standard InChI is InChI=1S/C13H16N4OS2/c1-9-16-17-13(20-9)19-8-4-7-12(18)15-11-6-3-2-5-10(11)14/h2-3,5-6H,4,7-8,14H2,1H3,(H,15,18). The van der Waals surface area contributed by atoms with Crippen LogP contribution < -0.4 is 11.1 Å². The van der Waals surface area contributed by atoms with Crippen molar-refractivity contribution in [3.63, 3.8) is 0 Å². The first-order valence-electron chi connectivity index (χ1n) is 6.22. The van der Waals surface area contributed by atoms with Gasteiger partial charge < -0.3 is 11.1 Å². The minimum Gasteiger partial charge on any atom is -0.397 e. The van der Waals surface area contributed by atoms with Gasteiger partial charge in [-0.1, -0.05) is 35.2 Å². The van der Waals surface area contributed by atoms with Crippen molar-refractivity contribution >= 4 is 40.4 Å². The van der Waals surface area contributed by atoms with Crippen LogP contribution in [0.1, 0.15) is 17.8 Å². The summed E-state index contributed by atoms with van der Waals surface area (Å²) in [5.41, 5.74) is 7.02. The maximum Gasteiger partial charge on any atom is 0.224 e. The molecule has 0 radical (unpaired) electrons. The quantitative estimate of drug-likeness (QED) is 0.487. The van der Waals surface area contributed by atoms with E-state index in [1.54, 1.807) is 35.2 Å². The van der Waals surface area contributed by atoms with Gasteiger partial charge in [-0.25, -0.2) is 0 Å². The van der Waals surface area contributed by atoms with Gasteiger partial charge in [0.15, 0.2) is 4.34 Å². The van der Waals surface area contributed by atoms with Crippen molar-refractivity contribution in [1.82, 2.24) is 10.2 Å². The molecule has 5 nitrogen and oxygen atoms in total. The highest BCUT2D eigenvalue weighted by Gasteiger charge is 2.06. The van der Waals surface area contributed by atoms with Crippen LogP contribution >= 0.6 is 23.1 Å². The van der Waals surface area contributed by atoms with E-state index in [-0.39, 0.29) is 5.91 Å². The Bertz CT molecular complexity index is 585. The number of benzene rings is 1. The number of carbonyl (C=O) groups is 1. The number of para-hydroxylation sites is 2. The molecule has 0 atom stereocenters. The van der Waals surface area contributed by atoms with E-state index in [4.69, 9.17) is 5.73 Å². The summed E-state index contributed by atoms with van der Waals surface area (Å²) in [4.78, 5) is 11.8. The molecule has 3 N–H and O–H groups in total. The minimum atomic E-state index is -0.0167. The molecule has 2 rings (SSSR count). The fourth-order valence-electron chi connectivity index (χ4n) is 1.55. The van der Waals surface area contributed by atoms with Gasteiger partial charge in [-0.3, -0.25) is 4.79 Å². The summed E-state index contributed by atoms with van der Waals surface area (Å²) in [5, 5.41) is 11.8. The summed E-state index contributed by atoms with van der Waals surface area (Å²) in [5.74, 6) is 0.837. The Kier molecular flexibility index (Phi) is 5.37. The SMILES string of the molecule is Cc1nnc(SCCCC(=O)Nc2ccccc2N)s1. The summed E-state index contributed by atoms with van der Waals surface area (Å²) >= 11 is 3.21. The van der Waals surface area contributed by atoms with E-state index in [1.165, 1.54) is 0 Å². The van der Waals surface area contributed by atoms with Crippen molar-refractivity contribution in [2.75, 3.05) is 16.8 Å². The molecule has 20 heavy (non-hydrogen) atoms. The Morgan fingerprint density at radius 2 is 2.20 bits per heavy atom. The number of nitrogens with one attached hydrogen (secondary N) is 1. The van der Waals surface area contributed by atoms with Crippen LogP contribution in [0.3, 0.4) is 0 Å². The molecule has 0 spiro atoms. The predicted octanol–water partition coefficient (Wildman–Crippen LogP) is 2.94. The molecule has 0 unspecified atom stereocenters. The summed E-state index contributed by atoms with van der Waals surface area (Å²) < 4.78 is 0.954. The highest BCUT2D eigenvalue weighted by molar-refractivity contribution is 8.01. The van der Waals surface area contributed by atoms with Crippen LogP contribution in [0.25, 0.3) is 0 Å². The van der Waals surface area contributed by atoms with Crippen molar-refractivity contribution in [2.45, 2.75) is 24.1 Å². The van der Waals surface area contributed by atoms with Crippen molar-refractivity contribution in [3.8, 4) is 0 Å². The molecule has 0 bridgehead atoms. The van der Waals surface area contributed by atoms with Crippen LogP contribution in [0.5, 0.6) is 0 Å². The molecule has 0 aliphatic heterocycles. The maximum atomic E-state index is 11.8. The number of rotatable bonds is 6. The van der Waals surface area contributed by atoms with E-state index in [0.717, 1.165) is 21.5 Å². The van der Waals surface area contributed by atoms with E-state index in [0.29, 0.717) is 17.8 Å². The third-order valence-electron chi connectivity index (χ3n) is 2.52. The topological polar surface area (TPSA) is 80.9 Å². The highest BCUT2D eigenvalue weighted by atomic mass is 32.2. The molecule has 0 saturated heterocycles. The van der Waals surface area contributed by atoms with Crippen LogP contribution in [0.15, 0.2) is 28.6 Å². The lowest BCUT2D eigenvalue weighted by Crippen LogP contribution is -2.12. The van der Waals surface area contributed by atoms with Gasteiger partial charge in [0.1, 0.15) is 5.01 Å². The molecular formula is C13H16N4OS2. The molecule has 1 aromatic heterocycles. The van der Waals surface area contributed by atoms with Gasteiger partial charge in [0.2, 0.25) is 5.91 Å². The molecule has 0 fully saturated rings. The maximum absolute atomic E-state index is 11.8. The van der Waals surface area contributed by atoms with Gasteiger partial charge in [-0.15, -0.1) is 10.2 Å². The average Bonchev–Trinajstić information content (AvgIpc) is 2.83. The number of nitrogens with zero attached hydrogens (tertiary/aromatic N) is 2. The minimum absolute atomic E-state index is 0.0167. The summed E-state index contributed by atoms with van der Waals surface area (Å²) in [6, 6.07) is 7.25. The smallest absolute Gasteiger partial charge is 0.224 e. The van der Waals surface area contributed by atoms with Gasteiger partial charge in [0, 0.05) is 12.2 Å². The zero-order valence-corrected chi connectivity index (χ0v) is 12.8. The fourth-order valence-corrected chi connectivity index (χ4v) is 3.38. The van der Waals surface area contributed by atoms with Gasteiger partial charge in [0.05, 0.1) is 11.4 Å². The van der Waals surface area contributed by atoms with E-state index in [2.05, 4.69) is 15.5 Å². The lowest BCUT2D eigenvalue weighted by atomic mass is 10.2. The largest absolute Gasteiger partial charge is 0.397 e. The number of hydrogen-bond donors (Lipinski definition) is 2. The number of nitrogen functional groups attached to an aromatic ring is 1. The normalized spacial score (nSPS) is 10.4. The number of aryl methyl sites for hydroxylation is 1. The first-order chi connectivity index (χ1) is 9.65. The van der Waals surface area contributed by atoms with E-state index >= 15 is 0 Å². The summed E-state index contributed by atoms with van der Waals surface area (Å²) in [7, 11) is 0. The van der Waals surface area contributed by atoms with Crippen LogP contribution in [-0.2, 0) is 4.79 Å². The second kappa shape index (κ2) is 7.25. The lowest BCUT2D eigenvalue weighted by Gasteiger charge is -2.07. The molecule has 106 valence electrons. The Hall–Kier alpha value is -1.60. The number of nitrogens with two attached hydrogens (primary N) is 1. The molecule has 1 aromatic carbocycles. The zero-order chi connectivity index (χ0) is 14.4. The molecule has 0 saturated carbocycles. The number of amides is 1. The molecule has 2 aromatic rings.